The normalized spacial score (nSPS) is 11.1. The van der Waals surface area contributed by atoms with Crippen LogP contribution in [0, 0.1) is 10.2 Å². The maximum atomic E-state index is 11.7. The van der Waals surface area contributed by atoms with Gasteiger partial charge < -0.3 is 9.72 Å². The highest BCUT2D eigenvalue weighted by Gasteiger charge is 2.16. The van der Waals surface area contributed by atoms with E-state index in [1.807, 2.05) is 18.2 Å². The van der Waals surface area contributed by atoms with Gasteiger partial charge in [-0.05, 0) is 24.1 Å². The fourth-order valence-corrected chi connectivity index (χ4v) is 3.07. The van der Waals surface area contributed by atoms with Gasteiger partial charge in [0.05, 0.1) is 28.4 Å². The molecule has 2 heterocycles. The molecule has 1 aromatic carbocycles. The maximum Gasteiger partial charge on any atom is 0.311 e. The first kappa shape index (κ1) is 22.8. The van der Waals surface area contributed by atoms with Crippen LogP contribution in [0.5, 0.6) is 0 Å². The van der Waals surface area contributed by atoms with Gasteiger partial charge in [0.2, 0.25) is 0 Å². The van der Waals surface area contributed by atoms with Crippen molar-refractivity contribution in [3.63, 3.8) is 0 Å². The number of carbonyl (C=O) groups excluding carboxylic acids is 1. The van der Waals surface area contributed by atoms with Crippen LogP contribution >= 0.6 is 0 Å². The Morgan fingerprint density at radius 3 is 2.55 bits per heavy atom. The van der Waals surface area contributed by atoms with Gasteiger partial charge in [0.15, 0.2) is 18.9 Å². The lowest BCUT2D eigenvalue weighted by molar-refractivity contribution is -1.92. The molecule has 2 N–H and O–H groups in total. The topological polar surface area (TPSA) is 135 Å². The van der Waals surface area contributed by atoms with Crippen LogP contribution in [0.4, 0.5) is 0 Å². The van der Waals surface area contributed by atoms with E-state index in [0.717, 1.165) is 30.6 Å². The second kappa shape index (κ2) is 10.3. The molecule has 0 aliphatic carbocycles. The number of benzene rings is 1. The third-order valence-electron chi connectivity index (χ3n) is 4.40. The van der Waals surface area contributed by atoms with E-state index >= 15 is 0 Å². The van der Waals surface area contributed by atoms with E-state index in [1.165, 1.54) is 23.6 Å². The Morgan fingerprint density at radius 2 is 1.90 bits per heavy atom. The Morgan fingerprint density at radius 1 is 1.21 bits per heavy atom. The number of ether oxygens (including phenoxy) is 1. The highest BCUT2D eigenvalue weighted by Crippen LogP contribution is 2.23. The van der Waals surface area contributed by atoms with Gasteiger partial charge >= 0.3 is 5.97 Å². The second-order valence-corrected chi connectivity index (χ2v) is 7.12. The summed E-state index contributed by atoms with van der Waals surface area (Å²) in [5.41, 5.74) is 4.55. The van der Waals surface area contributed by atoms with E-state index in [1.54, 1.807) is 0 Å². The van der Waals surface area contributed by atoms with Crippen molar-refractivity contribution in [1.82, 2.24) is 4.98 Å². The van der Waals surface area contributed by atoms with Crippen molar-refractivity contribution < 1.29 is 43.0 Å². The zero-order chi connectivity index (χ0) is 21.4. The van der Waals surface area contributed by atoms with Crippen LogP contribution in [-0.4, -0.2) is 22.7 Å². The third-order valence-corrected chi connectivity index (χ3v) is 4.40. The Kier molecular flexibility index (Phi) is 8.12. The van der Waals surface area contributed by atoms with Crippen molar-refractivity contribution in [3.8, 4) is 0 Å². The number of fused-ring (bicyclic) bond motifs is 1. The van der Waals surface area contributed by atoms with Crippen LogP contribution in [0.3, 0.4) is 0 Å². The van der Waals surface area contributed by atoms with Crippen molar-refractivity contribution in [2.75, 3.05) is 7.11 Å². The zero-order valence-electron chi connectivity index (χ0n) is 16.3. The molecule has 0 unspecified atom stereocenters. The molecule has 0 aliphatic rings. The number of nitrogens with zero attached hydrogens (tertiary/aromatic N) is 1. The fourth-order valence-electron chi connectivity index (χ4n) is 3.07. The Hall–Kier alpha value is -2.49. The molecule has 9 heteroatoms. The number of aromatic nitrogens is 2. The van der Waals surface area contributed by atoms with Crippen molar-refractivity contribution in [1.29, 1.82) is 0 Å². The minimum Gasteiger partial charge on any atom is -0.469 e. The van der Waals surface area contributed by atoms with Gasteiger partial charge in [0, 0.05) is 34.6 Å². The van der Waals surface area contributed by atoms with Crippen molar-refractivity contribution in [3.05, 3.63) is 65.6 Å². The monoisotopic (exact) mass is 423 g/mol. The molecule has 0 saturated heterocycles. The lowest BCUT2D eigenvalue weighted by Crippen LogP contribution is -2.58. The number of nitrogens with one attached hydrogen (secondary N) is 1. The van der Waals surface area contributed by atoms with Crippen LogP contribution in [-0.2, 0) is 35.3 Å². The summed E-state index contributed by atoms with van der Waals surface area (Å²) in [5.74, 6) is -0.219. The molecule has 0 saturated carbocycles. The number of rotatable bonds is 6. The SMILES string of the molecule is CCc1ccc[n+](CCc2c(CC(=O)OC)[nH]c3ccccc23)c1.[O-][Cl+3]([O-])([O-])O. The van der Waals surface area contributed by atoms with E-state index in [-0.39, 0.29) is 12.4 Å². The smallest absolute Gasteiger partial charge is 0.311 e. The van der Waals surface area contributed by atoms with Crippen molar-refractivity contribution in [2.45, 2.75) is 32.7 Å². The molecule has 3 rings (SSSR count). The minimum absolute atomic E-state index is 0.219. The number of para-hydroxylation sites is 1. The number of pyridine rings is 1. The van der Waals surface area contributed by atoms with Crippen LogP contribution in [0.15, 0.2) is 48.8 Å². The predicted octanol–water partition coefficient (Wildman–Crippen LogP) is -1.15. The molecule has 8 nitrogen and oxygen atoms in total. The number of aryl methyl sites for hydroxylation is 3. The second-order valence-electron chi connectivity index (χ2n) is 6.33. The number of carbonyl (C=O) groups is 1. The van der Waals surface area contributed by atoms with Crippen molar-refractivity contribution in [2.24, 2.45) is 0 Å². The van der Waals surface area contributed by atoms with E-state index in [9.17, 15) is 4.79 Å². The lowest BCUT2D eigenvalue weighted by atomic mass is 10.1. The molecule has 29 heavy (non-hydrogen) atoms. The Bertz CT molecular complexity index is 946. The number of methoxy groups -OCH3 is 1. The van der Waals surface area contributed by atoms with E-state index < -0.39 is 10.2 Å². The highest BCUT2D eigenvalue weighted by molar-refractivity contribution is 5.86. The largest absolute Gasteiger partial charge is 0.469 e. The van der Waals surface area contributed by atoms with Gasteiger partial charge in [-0.2, -0.15) is 14.0 Å². The quantitative estimate of drug-likeness (QED) is 0.379. The van der Waals surface area contributed by atoms with Crippen LogP contribution < -0.4 is 18.5 Å². The first-order valence-electron chi connectivity index (χ1n) is 8.97. The summed E-state index contributed by atoms with van der Waals surface area (Å²) in [5, 5.41) is 1.18. The summed E-state index contributed by atoms with van der Waals surface area (Å²) in [6.07, 6.45) is 6.46. The molecule has 156 valence electrons. The average molecular weight is 424 g/mol. The third kappa shape index (κ3) is 7.45. The minimum atomic E-state index is -4.69. The molecule has 0 aliphatic heterocycles. The van der Waals surface area contributed by atoms with Crippen LogP contribution in [0.2, 0.25) is 0 Å². The summed E-state index contributed by atoms with van der Waals surface area (Å²) >= 11 is 0. The Balaban J connectivity index is 0.000000537. The summed E-state index contributed by atoms with van der Waals surface area (Å²) < 4.78 is 39.8. The predicted molar refractivity (Wildman–Crippen MR) is 96.0 cm³/mol. The van der Waals surface area contributed by atoms with E-state index in [2.05, 4.69) is 47.1 Å². The van der Waals surface area contributed by atoms with Gasteiger partial charge in [-0.1, -0.05) is 25.1 Å². The number of halogens is 1. The number of hydrogen-bond acceptors (Lipinski definition) is 6. The summed E-state index contributed by atoms with van der Waals surface area (Å²) in [7, 11) is -3.27. The number of H-pyrrole nitrogens is 1. The average Bonchev–Trinajstić information content (AvgIpc) is 3.02. The number of hydrogen-bond donors (Lipinski definition) is 2. The van der Waals surface area contributed by atoms with Gasteiger partial charge in [-0.15, -0.1) is 0 Å². The molecule has 0 spiro atoms. The maximum absolute atomic E-state index is 11.7. The van der Waals surface area contributed by atoms with Gasteiger partial charge in [-0.25, -0.2) is 4.57 Å². The molecule has 0 amide bonds. The molecule has 0 fully saturated rings. The number of aromatic amines is 1. The van der Waals surface area contributed by atoms with Crippen LogP contribution in [0.1, 0.15) is 23.7 Å². The molecule has 3 aromatic rings. The molecular formula is C20H24ClN2O6+. The molecule has 2 aromatic heterocycles. The first-order valence-corrected chi connectivity index (χ1v) is 10.2. The van der Waals surface area contributed by atoms with Crippen molar-refractivity contribution >= 4 is 16.9 Å². The zero-order valence-corrected chi connectivity index (χ0v) is 17.0. The first-order chi connectivity index (χ1) is 13.7. The van der Waals surface area contributed by atoms with E-state index in [0.29, 0.717) is 0 Å². The summed E-state index contributed by atoms with van der Waals surface area (Å²) in [4.78, 5) is 15.1. The molecule has 0 bridgehead atoms. The van der Waals surface area contributed by atoms with E-state index in [4.69, 9.17) is 23.4 Å². The summed E-state index contributed by atoms with van der Waals surface area (Å²) in [6, 6.07) is 12.4. The highest BCUT2D eigenvalue weighted by atomic mass is 35.7. The number of esters is 1. The standard InChI is InChI=1S/C20H23N2O2.ClHO4/c1-3-15-7-6-11-22(14-15)12-10-17-16-8-4-5-9-18(16)21-19(17)13-20(23)24-2;2-1(3,4)5/h4-9,11,14,21H,3,10,12-13H2,1-2H3;(H,2,3,4,5)/q+1;. The lowest BCUT2D eigenvalue weighted by Gasteiger charge is -2.03. The Labute approximate surface area is 170 Å². The van der Waals surface area contributed by atoms with Crippen LogP contribution in [0.25, 0.3) is 10.9 Å². The van der Waals surface area contributed by atoms with Gasteiger partial charge in [-0.3, -0.25) is 4.79 Å². The summed E-state index contributed by atoms with van der Waals surface area (Å²) in [6.45, 7) is 3.04. The molecule has 0 radical (unpaired) electrons. The molecular weight excluding hydrogens is 400 g/mol. The van der Waals surface area contributed by atoms with Gasteiger partial charge in [0.1, 0.15) is 0 Å². The van der Waals surface area contributed by atoms with Gasteiger partial charge in [0.25, 0.3) is 0 Å². The molecule has 0 atom stereocenters. The fraction of sp³-hybridized carbons (Fsp3) is 0.300.